The molecule has 3 aromatic rings. The summed E-state index contributed by atoms with van der Waals surface area (Å²) in [4.78, 5) is 11.4. The number of nitrogens with zero attached hydrogens (tertiary/aromatic N) is 4. The first-order chi connectivity index (χ1) is 13.6. The number of benzene rings is 3. The molecule has 0 aromatic heterocycles. The van der Waals surface area contributed by atoms with E-state index in [9.17, 15) is 4.79 Å². The molecule has 0 N–H and O–H groups in total. The summed E-state index contributed by atoms with van der Waals surface area (Å²) in [6.45, 7) is 3.46. The minimum absolute atomic E-state index is 0.156. The molecule has 0 bridgehead atoms. The van der Waals surface area contributed by atoms with Crippen LogP contribution in [0.2, 0.25) is 0 Å². The number of ether oxygens (including phenoxy) is 1. The zero-order valence-corrected chi connectivity index (χ0v) is 16.3. The molecule has 0 radical (unpaired) electrons. The normalized spacial score (nSPS) is 11.0. The zero-order valence-electron chi connectivity index (χ0n) is 14.7. The monoisotopic (exact) mass is 434 g/mol. The van der Waals surface area contributed by atoms with Gasteiger partial charge in [0.1, 0.15) is 5.75 Å². The molecule has 3 rings (SSSR count). The second-order valence-electron chi connectivity index (χ2n) is 5.54. The Kier molecular flexibility index (Phi) is 6.54. The van der Waals surface area contributed by atoms with Crippen LogP contribution < -0.4 is 4.74 Å². The highest BCUT2D eigenvalue weighted by atomic mass is 79.9. The van der Waals surface area contributed by atoms with Crippen LogP contribution >= 0.6 is 15.9 Å². The van der Waals surface area contributed by atoms with Crippen LogP contribution in [-0.4, -0.2) is 5.97 Å². The largest absolute Gasteiger partial charge is 0.423 e. The summed E-state index contributed by atoms with van der Waals surface area (Å²) in [5, 5.41) is 16.7. The van der Waals surface area contributed by atoms with E-state index >= 15 is 0 Å². The van der Waals surface area contributed by atoms with Crippen molar-refractivity contribution in [3.63, 3.8) is 0 Å². The Morgan fingerprint density at radius 2 is 1.07 bits per heavy atom. The number of carbonyl (C=O) groups is 1. The number of carbonyl (C=O) groups excluding carboxylic acids is 1. The van der Waals surface area contributed by atoms with Gasteiger partial charge in [0, 0.05) is 0 Å². The Morgan fingerprint density at radius 3 is 1.50 bits per heavy atom. The first-order valence-corrected chi connectivity index (χ1v) is 9.05. The predicted molar refractivity (Wildman–Crippen MR) is 111 cm³/mol. The number of rotatable bonds is 6. The smallest absolute Gasteiger partial charge is 0.350 e. The van der Waals surface area contributed by atoms with Crippen molar-refractivity contribution in [2.75, 3.05) is 0 Å². The number of esters is 1. The Morgan fingerprint density at radius 1 is 0.679 bits per heavy atom. The maximum Gasteiger partial charge on any atom is 0.350 e. The minimum Gasteiger partial charge on any atom is -0.423 e. The van der Waals surface area contributed by atoms with Gasteiger partial charge in [-0.15, -0.1) is 0 Å². The standard InChI is InChI=1S/C21H15BrN4O2/c1-15(22)21(27)28-20-13-11-19(12-14-20)26-25-18-9-7-17(8-10-18)24-23-16-5-3-2-4-6-16/h2-14H,1H2. The third-order valence-electron chi connectivity index (χ3n) is 3.44. The molecule has 3 aromatic carbocycles. The molecular formula is C21H15BrN4O2. The molecule has 0 aliphatic carbocycles. The highest BCUT2D eigenvalue weighted by Crippen LogP contribution is 2.24. The topological polar surface area (TPSA) is 75.7 Å². The van der Waals surface area contributed by atoms with Crippen molar-refractivity contribution in [3.8, 4) is 5.75 Å². The third kappa shape index (κ3) is 5.78. The fourth-order valence-corrected chi connectivity index (χ4v) is 2.14. The highest BCUT2D eigenvalue weighted by Gasteiger charge is 2.06. The van der Waals surface area contributed by atoms with Gasteiger partial charge in [-0.2, -0.15) is 20.5 Å². The number of hydrogen-bond acceptors (Lipinski definition) is 6. The van der Waals surface area contributed by atoms with Crippen LogP contribution in [0, 0.1) is 0 Å². The van der Waals surface area contributed by atoms with Crippen LogP contribution in [0.4, 0.5) is 22.7 Å². The van der Waals surface area contributed by atoms with Gasteiger partial charge in [0.25, 0.3) is 0 Å². The number of hydrogen-bond donors (Lipinski definition) is 0. The molecule has 0 saturated heterocycles. The first kappa shape index (κ1) is 19.3. The van der Waals surface area contributed by atoms with Gasteiger partial charge in [-0.1, -0.05) is 24.8 Å². The average molecular weight is 435 g/mol. The Labute approximate surface area is 170 Å². The summed E-state index contributed by atoms with van der Waals surface area (Å²) >= 11 is 2.97. The Balaban J connectivity index is 1.60. The summed E-state index contributed by atoms with van der Waals surface area (Å²) in [6.07, 6.45) is 0. The molecular weight excluding hydrogens is 420 g/mol. The van der Waals surface area contributed by atoms with Gasteiger partial charge >= 0.3 is 5.97 Å². The van der Waals surface area contributed by atoms with Crippen molar-refractivity contribution >= 4 is 44.6 Å². The Bertz CT molecular complexity index is 1010. The van der Waals surface area contributed by atoms with Crippen LogP contribution in [0.1, 0.15) is 0 Å². The SMILES string of the molecule is C=C(Br)C(=O)Oc1ccc(N=Nc2ccc(N=Nc3ccccc3)cc2)cc1. The Hall–Kier alpha value is -3.45. The van der Waals surface area contributed by atoms with E-state index < -0.39 is 5.97 Å². The van der Waals surface area contributed by atoms with E-state index in [-0.39, 0.29) is 4.48 Å². The van der Waals surface area contributed by atoms with Crippen LogP contribution in [0.5, 0.6) is 5.75 Å². The molecule has 138 valence electrons. The maximum atomic E-state index is 11.4. The van der Waals surface area contributed by atoms with Crippen molar-refractivity contribution in [1.82, 2.24) is 0 Å². The van der Waals surface area contributed by atoms with Gasteiger partial charge in [0.15, 0.2) is 0 Å². The molecule has 0 saturated carbocycles. The van der Waals surface area contributed by atoms with E-state index in [2.05, 4.69) is 43.0 Å². The lowest BCUT2D eigenvalue weighted by molar-refractivity contribution is -0.129. The van der Waals surface area contributed by atoms with Gasteiger partial charge in [-0.25, -0.2) is 4.79 Å². The fourth-order valence-electron chi connectivity index (χ4n) is 2.05. The second-order valence-corrected chi connectivity index (χ2v) is 6.50. The van der Waals surface area contributed by atoms with E-state index in [1.165, 1.54) is 0 Å². The molecule has 7 heteroatoms. The average Bonchev–Trinajstić information content (AvgIpc) is 2.73. The molecule has 0 fully saturated rings. The van der Waals surface area contributed by atoms with Crippen LogP contribution in [0.3, 0.4) is 0 Å². The van der Waals surface area contributed by atoms with E-state index in [4.69, 9.17) is 4.74 Å². The quantitative estimate of drug-likeness (QED) is 0.176. The molecule has 0 heterocycles. The molecule has 0 aliphatic heterocycles. The summed E-state index contributed by atoms with van der Waals surface area (Å²) in [6, 6.07) is 23.4. The summed E-state index contributed by atoms with van der Waals surface area (Å²) in [5.74, 6) is -0.142. The zero-order chi connectivity index (χ0) is 19.8. The van der Waals surface area contributed by atoms with Gasteiger partial charge < -0.3 is 4.74 Å². The lowest BCUT2D eigenvalue weighted by atomic mass is 10.3. The summed E-state index contributed by atoms with van der Waals surface area (Å²) < 4.78 is 5.24. The second kappa shape index (κ2) is 9.48. The van der Waals surface area contributed by atoms with Gasteiger partial charge in [0.05, 0.1) is 27.2 Å². The molecule has 0 spiro atoms. The summed E-state index contributed by atoms with van der Waals surface area (Å²) in [5.41, 5.74) is 2.83. The number of azo groups is 2. The van der Waals surface area contributed by atoms with Crippen molar-refractivity contribution in [3.05, 3.63) is 89.9 Å². The number of halogens is 1. The van der Waals surface area contributed by atoms with Crippen LogP contribution in [-0.2, 0) is 4.79 Å². The molecule has 0 aliphatic rings. The molecule has 6 nitrogen and oxygen atoms in total. The van der Waals surface area contributed by atoms with Crippen LogP contribution in [0.15, 0.2) is 110 Å². The molecule has 28 heavy (non-hydrogen) atoms. The molecule has 0 unspecified atom stereocenters. The van der Waals surface area contributed by atoms with Crippen LogP contribution in [0.25, 0.3) is 0 Å². The van der Waals surface area contributed by atoms with Crippen molar-refractivity contribution in [1.29, 1.82) is 0 Å². The van der Waals surface area contributed by atoms with Gasteiger partial charge in [-0.05, 0) is 76.6 Å². The van der Waals surface area contributed by atoms with E-state index in [1.807, 2.05) is 42.5 Å². The molecule has 0 atom stereocenters. The lowest BCUT2D eigenvalue weighted by Gasteiger charge is -2.02. The lowest BCUT2D eigenvalue weighted by Crippen LogP contribution is -2.06. The first-order valence-electron chi connectivity index (χ1n) is 8.25. The van der Waals surface area contributed by atoms with E-state index in [1.54, 1.807) is 36.4 Å². The third-order valence-corrected chi connectivity index (χ3v) is 3.76. The van der Waals surface area contributed by atoms with Crippen molar-refractivity contribution < 1.29 is 9.53 Å². The van der Waals surface area contributed by atoms with Gasteiger partial charge in [-0.3, -0.25) is 0 Å². The molecule has 0 amide bonds. The van der Waals surface area contributed by atoms with Gasteiger partial charge in [0.2, 0.25) is 0 Å². The van der Waals surface area contributed by atoms with Crippen molar-refractivity contribution in [2.45, 2.75) is 0 Å². The van der Waals surface area contributed by atoms with E-state index in [0.29, 0.717) is 17.1 Å². The minimum atomic E-state index is -0.543. The fraction of sp³-hybridized carbons (Fsp3) is 0. The summed E-state index contributed by atoms with van der Waals surface area (Å²) in [7, 11) is 0. The van der Waals surface area contributed by atoms with E-state index in [0.717, 1.165) is 11.4 Å². The highest BCUT2D eigenvalue weighted by molar-refractivity contribution is 9.12. The predicted octanol–water partition coefficient (Wildman–Crippen LogP) is 7.33. The maximum absolute atomic E-state index is 11.4. The van der Waals surface area contributed by atoms with Crippen molar-refractivity contribution in [2.24, 2.45) is 20.5 Å².